The summed E-state index contributed by atoms with van der Waals surface area (Å²) in [5.74, 6) is -0.206. The molecule has 0 saturated heterocycles. The van der Waals surface area contributed by atoms with Crippen LogP contribution in [0.4, 0.5) is 0 Å². The van der Waals surface area contributed by atoms with Crippen molar-refractivity contribution in [2.75, 3.05) is 40.9 Å². The van der Waals surface area contributed by atoms with Crippen LogP contribution in [0.5, 0.6) is 0 Å². The smallest absolute Gasteiger partial charge is 0.387 e. The van der Waals surface area contributed by atoms with E-state index in [1.165, 1.54) is 64.2 Å². The molecular weight excluding hydrogens is 659 g/mol. The number of aliphatic hydroxyl groups excluding tert-OH is 1. The fraction of sp³-hybridized carbons (Fsp3) is 0.738. The molecule has 0 aliphatic rings. The van der Waals surface area contributed by atoms with E-state index in [1.54, 1.807) is 6.08 Å². The Morgan fingerprint density at radius 2 is 1.14 bits per heavy atom. The summed E-state index contributed by atoms with van der Waals surface area (Å²) in [6.07, 6.45) is 42.9. The third-order valence-corrected chi connectivity index (χ3v) is 9.44. The minimum Gasteiger partial charge on any atom is -0.387 e. The molecule has 0 aliphatic carbocycles. The maximum absolute atomic E-state index is 12.8. The summed E-state index contributed by atoms with van der Waals surface area (Å²) in [6.45, 7) is 4.68. The van der Waals surface area contributed by atoms with Crippen molar-refractivity contribution in [3.63, 3.8) is 0 Å². The fourth-order valence-electron chi connectivity index (χ4n) is 5.18. The average Bonchev–Trinajstić information content (AvgIpc) is 3.07. The second-order valence-electron chi connectivity index (χ2n) is 14.6. The van der Waals surface area contributed by atoms with Gasteiger partial charge in [0, 0.05) is 6.42 Å². The number of phosphoric acid groups is 1. The molecule has 0 radical (unpaired) electrons. The highest BCUT2D eigenvalue weighted by molar-refractivity contribution is 7.47. The third-order valence-electron chi connectivity index (χ3n) is 8.46. The molecule has 0 heterocycles. The van der Waals surface area contributed by atoms with Crippen molar-refractivity contribution in [3.05, 3.63) is 60.8 Å². The first-order valence-electron chi connectivity index (χ1n) is 20.2. The second-order valence-corrected chi connectivity index (χ2v) is 16.1. The molecule has 0 aromatic carbocycles. The zero-order chi connectivity index (χ0) is 37.9. The van der Waals surface area contributed by atoms with Crippen LogP contribution >= 0.6 is 7.82 Å². The molecule has 8 nitrogen and oxygen atoms in total. The molecule has 0 spiro atoms. The Morgan fingerprint density at radius 3 is 1.75 bits per heavy atom. The molecule has 296 valence electrons. The molecule has 0 bridgehead atoms. The van der Waals surface area contributed by atoms with Gasteiger partial charge in [0.1, 0.15) is 13.2 Å². The molecule has 0 rings (SSSR count). The lowest BCUT2D eigenvalue weighted by Gasteiger charge is -2.25. The van der Waals surface area contributed by atoms with Crippen molar-refractivity contribution in [1.82, 2.24) is 5.32 Å². The number of aliphatic hydroxyl groups is 1. The molecule has 0 aromatic rings. The molecule has 0 aromatic heterocycles. The third kappa shape index (κ3) is 36.4. The average molecular weight is 738 g/mol. The number of hydrogen-bond donors (Lipinski definition) is 3. The van der Waals surface area contributed by atoms with Gasteiger partial charge in [-0.05, 0) is 70.6 Å². The molecule has 0 saturated carbocycles. The predicted molar refractivity (Wildman–Crippen MR) is 217 cm³/mol. The first-order chi connectivity index (χ1) is 24.5. The highest BCUT2D eigenvalue weighted by atomic mass is 31.2. The van der Waals surface area contributed by atoms with Crippen LogP contribution in [0.2, 0.25) is 0 Å². The fourth-order valence-corrected chi connectivity index (χ4v) is 5.91. The molecule has 3 atom stereocenters. The summed E-state index contributed by atoms with van der Waals surface area (Å²) in [5.41, 5.74) is 0. The highest BCUT2D eigenvalue weighted by Gasteiger charge is 2.27. The van der Waals surface area contributed by atoms with Crippen molar-refractivity contribution < 1.29 is 32.9 Å². The number of likely N-dealkylation sites (N-methyl/N-ethyl adjacent to an activating group) is 1. The van der Waals surface area contributed by atoms with Crippen LogP contribution in [-0.2, 0) is 18.4 Å². The first kappa shape index (κ1) is 49.2. The molecule has 51 heavy (non-hydrogen) atoms. The minimum atomic E-state index is -4.34. The zero-order valence-corrected chi connectivity index (χ0v) is 34.2. The van der Waals surface area contributed by atoms with Gasteiger partial charge < -0.3 is 19.8 Å². The number of unbranched alkanes of at least 4 members (excludes halogenated alkanes) is 14. The van der Waals surface area contributed by atoms with E-state index in [-0.39, 0.29) is 19.1 Å². The topological polar surface area (TPSA) is 105 Å². The normalized spacial score (nSPS) is 15.2. The lowest BCUT2D eigenvalue weighted by atomic mass is 10.1. The van der Waals surface area contributed by atoms with E-state index in [9.17, 15) is 19.4 Å². The number of hydrogen-bond acceptors (Lipinski definition) is 5. The van der Waals surface area contributed by atoms with Crippen molar-refractivity contribution in [1.29, 1.82) is 0 Å². The van der Waals surface area contributed by atoms with Crippen LogP contribution in [0, 0.1) is 0 Å². The molecule has 3 unspecified atom stereocenters. The lowest BCUT2D eigenvalue weighted by Crippen LogP contribution is -2.45. The predicted octanol–water partition coefficient (Wildman–Crippen LogP) is 10.7. The number of phosphoric ester groups is 1. The molecule has 1 amide bonds. The Morgan fingerprint density at radius 1 is 0.667 bits per heavy atom. The molecule has 0 fully saturated rings. The zero-order valence-electron chi connectivity index (χ0n) is 33.3. The largest absolute Gasteiger partial charge is 0.472 e. The van der Waals surface area contributed by atoms with Gasteiger partial charge in [0.05, 0.1) is 39.9 Å². The van der Waals surface area contributed by atoms with E-state index in [0.717, 1.165) is 64.2 Å². The molecule has 0 aliphatic heterocycles. The lowest BCUT2D eigenvalue weighted by molar-refractivity contribution is -0.870. The first-order valence-corrected chi connectivity index (χ1v) is 21.7. The number of nitrogens with one attached hydrogen (secondary N) is 1. The Balaban J connectivity index is 4.48. The van der Waals surface area contributed by atoms with Crippen molar-refractivity contribution >= 4 is 13.7 Å². The monoisotopic (exact) mass is 738 g/mol. The number of allylic oxidation sites excluding steroid dienone is 9. The molecule has 3 N–H and O–H groups in total. The number of rotatable bonds is 35. The van der Waals surface area contributed by atoms with Crippen molar-refractivity contribution in [3.8, 4) is 0 Å². The Labute approximate surface area is 313 Å². The quantitative estimate of drug-likeness (QED) is 0.0259. The maximum Gasteiger partial charge on any atom is 0.472 e. The maximum atomic E-state index is 12.8. The van der Waals surface area contributed by atoms with E-state index >= 15 is 0 Å². The number of amides is 1. The summed E-state index contributed by atoms with van der Waals surface area (Å²) in [4.78, 5) is 23.0. The number of quaternary nitrogens is 1. The van der Waals surface area contributed by atoms with Crippen LogP contribution in [0.3, 0.4) is 0 Å². The van der Waals surface area contributed by atoms with Crippen LogP contribution in [0.25, 0.3) is 0 Å². The Kier molecular flexibility index (Phi) is 32.8. The summed E-state index contributed by atoms with van der Waals surface area (Å²) >= 11 is 0. The van der Waals surface area contributed by atoms with Gasteiger partial charge in [-0.2, -0.15) is 0 Å². The summed E-state index contributed by atoms with van der Waals surface area (Å²) in [5, 5.41) is 13.7. The summed E-state index contributed by atoms with van der Waals surface area (Å²) in [6, 6.07) is -0.869. The van der Waals surface area contributed by atoms with Crippen LogP contribution < -0.4 is 5.32 Å². The number of carbonyl (C=O) groups excluding carboxylic acids is 1. The van der Waals surface area contributed by atoms with Crippen LogP contribution in [-0.4, -0.2) is 73.4 Å². The Hall–Kier alpha value is -1.80. The van der Waals surface area contributed by atoms with E-state index in [2.05, 4.69) is 67.8 Å². The van der Waals surface area contributed by atoms with Gasteiger partial charge in [0.2, 0.25) is 5.91 Å². The standard InChI is InChI=1S/C42H77N2O6P/c1-6-8-10-12-14-16-18-19-20-21-22-23-24-25-26-28-30-32-34-36-42(46)43-40(39-50-51(47,48)49-38-37-44(3,4)5)41(45)35-33-31-29-27-17-15-13-11-9-7-2/h14,16-17,19-20,22-23,27,33,35,40-41,45H,6-13,15,18,21,24-26,28-32,34,36-39H2,1-5H3,(H-,43,46,47,48)/p+1/b16-14-,20-19-,23-22-,27-17+,35-33+. The SMILES string of the molecule is CCCCC/C=C\C/C=C\C/C=C\CCCCCCCCC(=O)NC(COP(=O)(O)OCC[N+](C)(C)C)C(O)/C=C/CC/C=C/CCCCCC. The summed E-state index contributed by atoms with van der Waals surface area (Å²) in [7, 11) is 1.53. The van der Waals surface area contributed by atoms with Gasteiger partial charge in [0.25, 0.3) is 0 Å². The van der Waals surface area contributed by atoms with E-state index in [4.69, 9.17) is 9.05 Å². The van der Waals surface area contributed by atoms with E-state index in [1.807, 2.05) is 27.2 Å². The van der Waals surface area contributed by atoms with Crippen molar-refractivity contribution in [2.45, 2.75) is 161 Å². The van der Waals surface area contributed by atoms with Crippen LogP contribution in [0.1, 0.15) is 149 Å². The molecular formula is C42H78N2O6P+. The van der Waals surface area contributed by atoms with Gasteiger partial charge >= 0.3 is 7.82 Å². The number of nitrogens with zero attached hydrogens (tertiary/aromatic N) is 1. The minimum absolute atomic E-state index is 0.0503. The second kappa shape index (κ2) is 34.0. The van der Waals surface area contributed by atoms with E-state index in [0.29, 0.717) is 17.4 Å². The highest BCUT2D eigenvalue weighted by Crippen LogP contribution is 2.43. The number of carbonyl (C=O) groups is 1. The van der Waals surface area contributed by atoms with Crippen molar-refractivity contribution in [2.24, 2.45) is 0 Å². The van der Waals surface area contributed by atoms with Gasteiger partial charge in [0.15, 0.2) is 0 Å². The van der Waals surface area contributed by atoms with Gasteiger partial charge in [-0.25, -0.2) is 4.57 Å². The van der Waals surface area contributed by atoms with Gasteiger partial charge in [-0.3, -0.25) is 13.8 Å². The van der Waals surface area contributed by atoms with Crippen LogP contribution in [0.15, 0.2) is 60.8 Å². The van der Waals surface area contributed by atoms with Gasteiger partial charge in [-0.1, -0.05) is 132 Å². The van der Waals surface area contributed by atoms with E-state index < -0.39 is 20.0 Å². The van der Waals surface area contributed by atoms with Gasteiger partial charge in [-0.15, -0.1) is 0 Å². The Bertz CT molecular complexity index is 1020. The molecule has 9 heteroatoms. The summed E-state index contributed by atoms with van der Waals surface area (Å²) < 4.78 is 23.4.